The molecule has 0 saturated heterocycles. The van der Waals surface area contributed by atoms with Gasteiger partial charge in [-0.15, -0.1) is 10.2 Å². The summed E-state index contributed by atoms with van der Waals surface area (Å²) in [5, 5.41) is 11.8. The van der Waals surface area contributed by atoms with Crippen LogP contribution < -0.4 is 11.1 Å². The Morgan fingerprint density at radius 3 is 2.64 bits per heavy atom. The highest BCUT2D eigenvalue weighted by Crippen LogP contribution is 2.40. The Balaban J connectivity index is 1.44. The van der Waals surface area contributed by atoms with Gasteiger partial charge in [-0.2, -0.15) is 0 Å². The molecular weight excluding hydrogens is 378 g/mol. The Morgan fingerprint density at radius 1 is 1.21 bits per heavy atom. The van der Waals surface area contributed by atoms with Crippen LogP contribution in [-0.2, 0) is 6.54 Å². The number of furan rings is 1. The molecule has 0 radical (unpaired) electrons. The van der Waals surface area contributed by atoms with E-state index in [0.717, 1.165) is 24.4 Å². The standard InChI is InChI=1S/C19H19N5O3S/c20-18(26)21-14-7-5-12(6-8-14)16(25)11-28-19-23-22-17(13-3-4-13)24(19)10-15-2-1-9-27-15/h1-2,5-9,13H,3-4,10-11H2,(H3,20,21,26). The van der Waals surface area contributed by atoms with Gasteiger partial charge in [0.15, 0.2) is 10.9 Å². The fourth-order valence-electron chi connectivity index (χ4n) is 2.85. The van der Waals surface area contributed by atoms with E-state index in [0.29, 0.717) is 28.9 Å². The van der Waals surface area contributed by atoms with Crippen LogP contribution in [0.25, 0.3) is 0 Å². The van der Waals surface area contributed by atoms with Crippen LogP contribution in [-0.4, -0.2) is 32.3 Å². The van der Waals surface area contributed by atoms with E-state index in [4.69, 9.17) is 10.2 Å². The molecule has 2 aromatic heterocycles. The highest BCUT2D eigenvalue weighted by atomic mass is 32.2. The Hall–Kier alpha value is -3.07. The summed E-state index contributed by atoms with van der Waals surface area (Å²) >= 11 is 1.36. The minimum Gasteiger partial charge on any atom is -0.467 e. The van der Waals surface area contributed by atoms with Gasteiger partial charge in [0.2, 0.25) is 0 Å². The van der Waals surface area contributed by atoms with Gasteiger partial charge in [0.05, 0.1) is 18.6 Å². The van der Waals surface area contributed by atoms with Crippen molar-refractivity contribution in [3.8, 4) is 0 Å². The zero-order valence-corrected chi connectivity index (χ0v) is 15.8. The number of aromatic nitrogens is 3. The van der Waals surface area contributed by atoms with Crippen LogP contribution in [0, 0.1) is 0 Å². The molecule has 144 valence electrons. The number of hydrogen-bond acceptors (Lipinski definition) is 6. The molecule has 1 aromatic carbocycles. The van der Waals surface area contributed by atoms with E-state index in [1.807, 2.05) is 16.7 Å². The molecule has 3 N–H and O–H groups in total. The molecule has 9 heteroatoms. The first-order valence-corrected chi connectivity index (χ1v) is 9.86. The number of carbonyl (C=O) groups is 2. The number of thioether (sulfide) groups is 1. The second kappa shape index (κ2) is 7.89. The largest absolute Gasteiger partial charge is 0.467 e. The van der Waals surface area contributed by atoms with Crippen molar-refractivity contribution in [3.05, 3.63) is 59.8 Å². The summed E-state index contributed by atoms with van der Waals surface area (Å²) in [6.45, 7) is 0.551. The van der Waals surface area contributed by atoms with Gasteiger partial charge >= 0.3 is 6.03 Å². The predicted molar refractivity (Wildman–Crippen MR) is 105 cm³/mol. The van der Waals surface area contributed by atoms with E-state index in [1.165, 1.54) is 11.8 Å². The number of hydrogen-bond donors (Lipinski definition) is 2. The number of nitrogens with zero attached hydrogens (tertiary/aromatic N) is 3. The number of urea groups is 1. The molecule has 28 heavy (non-hydrogen) atoms. The number of carbonyl (C=O) groups excluding carboxylic acids is 2. The first-order chi connectivity index (χ1) is 13.6. The fraction of sp³-hybridized carbons (Fsp3) is 0.263. The average molecular weight is 397 g/mol. The third-order valence-electron chi connectivity index (χ3n) is 4.39. The third-order valence-corrected chi connectivity index (χ3v) is 5.36. The lowest BCUT2D eigenvalue weighted by molar-refractivity contribution is 0.102. The van der Waals surface area contributed by atoms with Crippen molar-refractivity contribution in [2.75, 3.05) is 11.1 Å². The lowest BCUT2D eigenvalue weighted by atomic mass is 10.1. The van der Waals surface area contributed by atoms with Crippen molar-refractivity contribution >= 4 is 29.3 Å². The van der Waals surface area contributed by atoms with E-state index in [9.17, 15) is 9.59 Å². The number of nitrogens with two attached hydrogens (primary N) is 1. The van der Waals surface area contributed by atoms with Gasteiger partial charge in [0.1, 0.15) is 11.6 Å². The van der Waals surface area contributed by atoms with E-state index < -0.39 is 6.03 Å². The van der Waals surface area contributed by atoms with Gasteiger partial charge in [-0.25, -0.2) is 4.79 Å². The molecular formula is C19H19N5O3S. The number of anilines is 1. The summed E-state index contributed by atoms with van der Waals surface area (Å²) in [4.78, 5) is 23.4. The number of nitrogens with one attached hydrogen (secondary N) is 1. The topological polar surface area (TPSA) is 116 Å². The molecule has 8 nitrogen and oxygen atoms in total. The number of ketones is 1. The number of benzene rings is 1. The van der Waals surface area contributed by atoms with Crippen molar-refractivity contribution in [1.29, 1.82) is 0 Å². The molecule has 4 rings (SSSR count). The van der Waals surface area contributed by atoms with Crippen LogP contribution in [0.3, 0.4) is 0 Å². The first-order valence-electron chi connectivity index (χ1n) is 8.88. The summed E-state index contributed by atoms with van der Waals surface area (Å²) in [6.07, 6.45) is 3.88. The van der Waals surface area contributed by atoms with Crippen molar-refractivity contribution in [3.63, 3.8) is 0 Å². The molecule has 2 amide bonds. The third kappa shape index (κ3) is 4.25. The fourth-order valence-corrected chi connectivity index (χ4v) is 3.69. The van der Waals surface area contributed by atoms with Crippen LogP contribution in [0.15, 0.2) is 52.2 Å². The Labute approximate surface area is 165 Å². The lowest BCUT2D eigenvalue weighted by Gasteiger charge is -2.08. The van der Waals surface area contributed by atoms with Crippen molar-refractivity contribution in [1.82, 2.24) is 14.8 Å². The molecule has 0 aliphatic heterocycles. The van der Waals surface area contributed by atoms with E-state index in [1.54, 1.807) is 30.5 Å². The summed E-state index contributed by atoms with van der Waals surface area (Å²) in [5.74, 6) is 2.43. The summed E-state index contributed by atoms with van der Waals surface area (Å²) in [5.41, 5.74) is 6.19. The second-order valence-corrected chi connectivity index (χ2v) is 7.50. The quantitative estimate of drug-likeness (QED) is 0.445. The molecule has 2 heterocycles. The van der Waals surface area contributed by atoms with Gasteiger partial charge in [0, 0.05) is 17.2 Å². The maximum absolute atomic E-state index is 12.5. The smallest absolute Gasteiger partial charge is 0.316 e. The van der Waals surface area contributed by atoms with E-state index >= 15 is 0 Å². The molecule has 1 aliphatic rings. The highest BCUT2D eigenvalue weighted by Gasteiger charge is 2.30. The van der Waals surface area contributed by atoms with Crippen molar-refractivity contribution < 1.29 is 14.0 Å². The van der Waals surface area contributed by atoms with Crippen LogP contribution in [0.2, 0.25) is 0 Å². The minimum atomic E-state index is -0.642. The molecule has 0 bridgehead atoms. The Morgan fingerprint density at radius 2 is 2.00 bits per heavy atom. The zero-order chi connectivity index (χ0) is 19.5. The minimum absolute atomic E-state index is 0.0313. The van der Waals surface area contributed by atoms with E-state index in [-0.39, 0.29) is 11.5 Å². The monoisotopic (exact) mass is 397 g/mol. The SMILES string of the molecule is NC(=O)Nc1ccc(C(=O)CSc2nnc(C3CC3)n2Cc2ccco2)cc1. The van der Waals surface area contributed by atoms with Gasteiger partial charge in [-0.05, 0) is 49.2 Å². The second-order valence-electron chi connectivity index (χ2n) is 6.56. The number of rotatable bonds is 8. The van der Waals surface area contributed by atoms with Crippen molar-refractivity contribution in [2.24, 2.45) is 5.73 Å². The first kappa shape index (κ1) is 18.3. The van der Waals surface area contributed by atoms with Gasteiger partial charge in [-0.1, -0.05) is 11.8 Å². The normalized spacial score (nSPS) is 13.4. The highest BCUT2D eigenvalue weighted by molar-refractivity contribution is 7.99. The summed E-state index contributed by atoms with van der Waals surface area (Å²) in [7, 11) is 0. The predicted octanol–water partition coefficient (Wildman–Crippen LogP) is 3.26. The number of amides is 2. The lowest BCUT2D eigenvalue weighted by Crippen LogP contribution is -2.19. The van der Waals surface area contributed by atoms with Crippen LogP contribution in [0.4, 0.5) is 10.5 Å². The Kier molecular flexibility index (Phi) is 5.16. The zero-order valence-electron chi connectivity index (χ0n) is 15.0. The number of primary amides is 1. The molecule has 0 spiro atoms. The molecule has 3 aromatic rings. The van der Waals surface area contributed by atoms with E-state index in [2.05, 4.69) is 15.5 Å². The molecule has 1 saturated carbocycles. The maximum Gasteiger partial charge on any atom is 0.316 e. The molecule has 1 fully saturated rings. The maximum atomic E-state index is 12.5. The van der Waals surface area contributed by atoms with Gasteiger partial charge < -0.3 is 15.5 Å². The molecule has 1 aliphatic carbocycles. The van der Waals surface area contributed by atoms with Crippen LogP contribution in [0.5, 0.6) is 0 Å². The molecule has 0 unspecified atom stereocenters. The number of Topliss-reactive ketones (excluding diaryl/α,β-unsaturated/α-hetero) is 1. The Bertz CT molecular complexity index is 978. The summed E-state index contributed by atoms with van der Waals surface area (Å²) in [6, 6.07) is 9.74. The summed E-state index contributed by atoms with van der Waals surface area (Å²) < 4.78 is 7.50. The molecule has 0 atom stereocenters. The van der Waals surface area contributed by atoms with Crippen LogP contribution >= 0.6 is 11.8 Å². The van der Waals surface area contributed by atoms with Crippen molar-refractivity contribution in [2.45, 2.75) is 30.5 Å². The van der Waals surface area contributed by atoms with Crippen LogP contribution in [0.1, 0.15) is 40.7 Å². The average Bonchev–Trinajstić information content (AvgIpc) is 3.24. The van der Waals surface area contributed by atoms with Gasteiger partial charge in [-0.3, -0.25) is 9.36 Å². The van der Waals surface area contributed by atoms with Gasteiger partial charge in [0.25, 0.3) is 0 Å².